The summed E-state index contributed by atoms with van der Waals surface area (Å²) in [7, 11) is 0. The van der Waals surface area contributed by atoms with Crippen LogP contribution in [0.15, 0.2) is 42.7 Å². The molecule has 4 heterocycles. The average molecular weight is 308 g/mol. The second-order valence-corrected chi connectivity index (χ2v) is 5.08. The molecule has 9 heteroatoms. The van der Waals surface area contributed by atoms with Gasteiger partial charge in [-0.2, -0.15) is 0 Å². The summed E-state index contributed by atoms with van der Waals surface area (Å²) in [6.07, 6.45) is 3.50. The van der Waals surface area contributed by atoms with E-state index in [4.69, 9.17) is 0 Å². The van der Waals surface area contributed by atoms with Crippen molar-refractivity contribution in [1.29, 1.82) is 0 Å². The minimum Gasteiger partial charge on any atom is -0.342 e. The van der Waals surface area contributed by atoms with E-state index in [0.717, 1.165) is 5.65 Å². The van der Waals surface area contributed by atoms with Crippen LogP contribution in [0, 0.1) is 0 Å². The van der Waals surface area contributed by atoms with E-state index in [-0.39, 0.29) is 11.9 Å². The molecule has 0 aliphatic carbocycles. The lowest BCUT2D eigenvalue weighted by molar-refractivity contribution is 0.0938. The lowest BCUT2D eigenvalue weighted by atomic mass is 10.2. The molecule has 9 nitrogen and oxygen atoms in total. The number of carbonyl (C=O) groups is 1. The summed E-state index contributed by atoms with van der Waals surface area (Å²) in [5.74, 6) is 0.440. The minimum absolute atomic E-state index is 0.226. The van der Waals surface area contributed by atoms with Crippen LogP contribution in [0.5, 0.6) is 0 Å². The number of hydrogen-bond donors (Lipinski definition) is 1. The summed E-state index contributed by atoms with van der Waals surface area (Å²) < 4.78 is 3.34. The van der Waals surface area contributed by atoms with Crippen LogP contribution in [-0.4, -0.2) is 40.5 Å². The largest absolute Gasteiger partial charge is 0.342 e. The Kier molecular flexibility index (Phi) is 2.97. The van der Waals surface area contributed by atoms with Gasteiger partial charge in [-0.1, -0.05) is 6.07 Å². The Morgan fingerprint density at radius 1 is 1.13 bits per heavy atom. The molecule has 0 aromatic carbocycles. The van der Waals surface area contributed by atoms with Crippen molar-refractivity contribution < 1.29 is 4.79 Å². The summed E-state index contributed by atoms with van der Waals surface area (Å²) in [5.41, 5.74) is 1.73. The Morgan fingerprint density at radius 3 is 2.96 bits per heavy atom. The van der Waals surface area contributed by atoms with Gasteiger partial charge in [0.1, 0.15) is 0 Å². The van der Waals surface area contributed by atoms with Gasteiger partial charge in [0.2, 0.25) is 0 Å². The summed E-state index contributed by atoms with van der Waals surface area (Å²) in [6, 6.07) is 8.63. The Bertz CT molecular complexity index is 1000. The molecule has 1 amide bonds. The van der Waals surface area contributed by atoms with Gasteiger partial charge in [-0.15, -0.1) is 15.3 Å². The van der Waals surface area contributed by atoms with Crippen LogP contribution in [0.4, 0.5) is 0 Å². The van der Waals surface area contributed by atoms with Crippen LogP contribution >= 0.6 is 0 Å². The van der Waals surface area contributed by atoms with Crippen LogP contribution in [0.2, 0.25) is 0 Å². The summed E-state index contributed by atoms with van der Waals surface area (Å²) in [5, 5.41) is 22.3. The van der Waals surface area contributed by atoms with E-state index < -0.39 is 0 Å². The zero-order valence-electron chi connectivity index (χ0n) is 12.2. The molecule has 0 aliphatic heterocycles. The number of carbonyl (C=O) groups excluding carboxylic acids is 1. The van der Waals surface area contributed by atoms with Crippen LogP contribution in [0.3, 0.4) is 0 Å². The van der Waals surface area contributed by atoms with Gasteiger partial charge in [-0.05, 0) is 41.6 Å². The van der Waals surface area contributed by atoms with Crippen molar-refractivity contribution in [3.05, 3.63) is 54.1 Å². The monoisotopic (exact) mass is 308 g/mol. The SMILES string of the molecule is CC(NC(=O)c1ccn2nnnc2c1)c1nnc2ccccn12. The van der Waals surface area contributed by atoms with E-state index in [1.165, 1.54) is 4.52 Å². The molecule has 0 saturated heterocycles. The van der Waals surface area contributed by atoms with Gasteiger partial charge in [0.15, 0.2) is 17.1 Å². The number of hydrogen-bond acceptors (Lipinski definition) is 6. The molecule has 0 aliphatic rings. The maximum atomic E-state index is 12.4. The lowest BCUT2D eigenvalue weighted by Gasteiger charge is -2.12. The number of amides is 1. The zero-order chi connectivity index (χ0) is 15.8. The summed E-state index contributed by atoms with van der Waals surface area (Å²) >= 11 is 0. The van der Waals surface area contributed by atoms with Gasteiger partial charge in [-0.25, -0.2) is 4.52 Å². The number of tetrazole rings is 1. The molecule has 4 rings (SSSR count). The number of fused-ring (bicyclic) bond motifs is 2. The molecular weight excluding hydrogens is 296 g/mol. The average Bonchev–Trinajstić information content (AvgIpc) is 3.20. The molecule has 0 spiro atoms. The molecule has 4 aromatic heterocycles. The van der Waals surface area contributed by atoms with E-state index in [1.54, 1.807) is 18.3 Å². The summed E-state index contributed by atoms with van der Waals surface area (Å²) in [4.78, 5) is 12.4. The lowest BCUT2D eigenvalue weighted by Crippen LogP contribution is -2.28. The molecule has 0 saturated carbocycles. The first kappa shape index (κ1) is 13.3. The predicted octanol–water partition coefficient (Wildman–Crippen LogP) is 0.658. The topological polar surface area (TPSA) is 102 Å². The van der Waals surface area contributed by atoms with Gasteiger partial charge < -0.3 is 5.32 Å². The second kappa shape index (κ2) is 5.13. The van der Waals surface area contributed by atoms with E-state index in [0.29, 0.717) is 17.0 Å². The van der Waals surface area contributed by atoms with E-state index in [1.807, 2.05) is 35.7 Å². The minimum atomic E-state index is -0.299. The normalized spacial score (nSPS) is 12.6. The maximum Gasteiger partial charge on any atom is 0.252 e. The van der Waals surface area contributed by atoms with Crippen molar-refractivity contribution in [3.8, 4) is 0 Å². The van der Waals surface area contributed by atoms with E-state index in [9.17, 15) is 4.79 Å². The number of aromatic nitrogens is 7. The highest BCUT2D eigenvalue weighted by Crippen LogP contribution is 2.13. The first-order valence-corrected chi connectivity index (χ1v) is 7.00. The molecular formula is C14H12N8O. The number of nitrogens with one attached hydrogen (secondary N) is 1. The summed E-state index contributed by atoms with van der Waals surface area (Å²) in [6.45, 7) is 1.86. The van der Waals surface area contributed by atoms with Crippen LogP contribution < -0.4 is 5.32 Å². The standard InChI is InChI=1S/C14H12N8O/c1-9(13-18-16-11-4-2-3-6-21(11)13)15-14(23)10-5-7-22-12(8-10)17-19-20-22/h2-9H,1H3,(H,15,23). The van der Waals surface area contributed by atoms with Gasteiger partial charge in [0.25, 0.3) is 5.91 Å². The number of nitrogens with zero attached hydrogens (tertiary/aromatic N) is 7. The van der Waals surface area contributed by atoms with Gasteiger partial charge in [-0.3, -0.25) is 9.20 Å². The van der Waals surface area contributed by atoms with Crippen LogP contribution in [0.25, 0.3) is 11.3 Å². The Labute approximate surface area is 130 Å². The molecule has 114 valence electrons. The van der Waals surface area contributed by atoms with Crippen molar-refractivity contribution in [2.24, 2.45) is 0 Å². The fraction of sp³-hybridized carbons (Fsp3) is 0.143. The third-order valence-corrected chi connectivity index (χ3v) is 3.54. The first-order valence-electron chi connectivity index (χ1n) is 7.00. The fourth-order valence-corrected chi connectivity index (χ4v) is 2.38. The van der Waals surface area contributed by atoms with E-state index >= 15 is 0 Å². The molecule has 1 N–H and O–H groups in total. The third-order valence-electron chi connectivity index (χ3n) is 3.54. The highest BCUT2D eigenvalue weighted by atomic mass is 16.1. The van der Waals surface area contributed by atoms with E-state index in [2.05, 4.69) is 31.0 Å². The van der Waals surface area contributed by atoms with Gasteiger partial charge >= 0.3 is 0 Å². The molecule has 4 aromatic rings. The van der Waals surface area contributed by atoms with Crippen molar-refractivity contribution in [2.45, 2.75) is 13.0 Å². The van der Waals surface area contributed by atoms with Crippen molar-refractivity contribution in [1.82, 2.24) is 40.0 Å². The Hall–Kier alpha value is -3.36. The highest BCUT2D eigenvalue weighted by molar-refractivity contribution is 5.95. The Balaban J connectivity index is 1.60. The maximum absolute atomic E-state index is 12.4. The second-order valence-electron chi connectivity index (χ2n) is 5.08. The molecule has 23 heavy (non-hydrogen) atoms. The first-order chi connectivity index (χ1) is 11.2. The van der Waals surface area contributed by atoms with Crippen LogP contribution in [-0.2, 0) is 0 Å². The predicted molar refractivity (Wildman–Crippen MR) is 79.7 cm³/mol. The zero-order valence-corrected chi connectivity index (χ0v) is 12.2. The van der Waals surface area contributed by atoms with Gasteiger partial charge in [0, 0.05) is 18.0 Å². The van der Waals surface area contributed by atoms with Crippen LogP contribution in [0.1, 0.15) is 29.1 Å². The number of rotatable bonds is 3. The fourth-order valence-electron chi connectivity index (χ4n) is 2.38. The molecule has 0 bridgehead atoms. The highest BCUT2D eigenvalue weighted by Gasteiger charge is 2.17. The van der Waals surface area contributed by atoms with Crippen molar-refractivity contribution in [2.75, 3.05) is 0 Å². The quantitative estimate of drug-likeness (QED) is 0.596. The number of pyridine rings is 2. The van der Waals surface area contributed by atoms with Crippen molar-refractivity contribution in [3.63, 3.8) is 0 Å². The van der Waals surface area contributed by atoms with Crippen molar-refractivity contribution >= 4 is 17.2 Å². The van der Waals surface area contributed by atoms with Gasteiger partial charge in [0.05, 0.1) is 6.04 Å². The molecule has 1 atom stereocenters. The molecule has 0 radical (unpaired) electrons. The Morgan fingerprint density at radius 2 is 2.04 bits per heavy atom. The molecule has 0 fully saturated rings. The molecule has 1 unspecified atom stereocenters. The smallest absolute Gasteiger partial charge is 0.252 e. The third kappa shape index (κ3) is 2.27.